The number of hydrogen-bond acceptors (Lipinski definition) is 4. The Hall–Kier alpha value is -2.18. The van der Waals surface area contributed by atoms with Gasteiger partial charge in [0.1, 0.15) is 0 Å². The summed E-state index contributed by atoms with van der Waals surface area (Å²) < 4.78 is 1.79. The van der Waals surface area contributed by atoms with Crippen molar-refractivity contribution in [2.45, 2.75) is 12.5 Å². The van der Waals surface area contributed by atoms with Gasteiger partial charge in [-0.25, -0.2) is 0 Å². The van der Waals surface area contributed by atoms with Gasteiger partial charge >= 0.3 is 0 Å². The Morgan fingerprint density at radius 2 is 2.25 bits per heavy atom. The predicted molar refractivity (Wildman–Crippen MR) is 94.8 cm³/mol. The fourth-order valence-corrected chi connectivity index (χ4v) is 3.28. The molecule has 1 aliphatic rings. The molecule has 1 aromatic heterocycles. The second-order valence-corrected chi connectivity index (χ2v) is 6.75. The van der Waals surface area contributed by atoms with Crippen molar-refractivity contribution in [1.29, 1.82) is 0 Å². The summed E-state index contributed by atoms with van der Waals surface area (Å²) in [7, 11) is 5.97. The number of carbonyl (C=O) groups is 1. The minimum absolute atomic E-state index is 0.0656. The van der Waals surface area contributed by atoms with Gasteiger partial charge in [-0.3, -0.25) is 9.48 Å². The Morgan fingerprint density at radius 3 is 2.96 bits per heavy atom. The van der Waals surface area contributed by atoms with E-state index in [1.807, 2.05) is 51.7 Å². The molecule has 2 aromatic rings. The van der Waals surface area contributed by atoms with Crippen LogP contribution in [0.5, 0.6) is 0 Å². The Morgan fingerprint density at radius 1 is 1.42 bits per heavy atom. The summed E-state index contributed by atoms with van der Waals surface area (Å²) in [6.45, 7) is 2.36. The molecule has 1 aromatic carbocycles. The highest BCUT2D eigenvalue weighted by molar-refractivity contribution is 5.93. The lowest BCUT2D eigenvalue weighted by molar-refractivity contribution is -0.119. The molecule has 1 aliphatic heterocycles. The zero-order valence-corrected chi connectivity index (χ0v) is 14.5. The van der Waals surface area contributed by atoms with E-state index in [9.17, 15) is 4.79 Å². The van der Waals surface area contributed by atoms with Crippen LogP contribution in [0.15, 0.2) is 36.7 Å². The smallest absolute Gasteiger partial charge is 0.229 e. The molecule has 24 heavy (non-hydrogen) atoms. The van der Waals surface area contributed by atoms with Gasteiger partial charge in [-0.2, -0.15) is 5.10 Å². The molecule has 0 bridgehead atoms. The molecule has 1 fully saturated rings. The first-order chi connectivity index (χ1) is 11.5. The van der Waals surface area contributed by atoms with E-state index in [0.29, 0.717) is 6.54 Å². The molecule has 1 saturated heterocycles. The number of amides is 1. The summed E-state index contributed by atoms with van der Waals surface area (Å²) in [6, 6.07) is 8.04. The third-order valence-electron chi connectivity index (χ3n) is 4.40. The van der Waals surface area contributed by atoms with Crippen LogP contribution < -0.4 is 10.6 Å². The van der Waals surface area contributed by atoms with Gasteiger partial charge in [0.05, 0.1) is 12.1 Å². The van der Waals surface area contributed by atoms with Crippen LogP contribution in [0.25, 0.3) is 0 Å². The van der Waals surface area contributed by atoms with Gasteiger partial charge in [-0.1, -0.05) is 12.1 Å². The lowest BCUT2D eigenvalue weighted by atomic mass is 9.90. The molecule has 2 heterocycles. The predicted octanol–water partition coefficient (Wildman–Crippen LogP) is 1.42. The molecule has 128 valence electrons. The van der Waals surface area contributed by atoms with E-state index in [-0.39, 0.29) is 17.7 Å². The number of nitrogens with one attached hydrogen (secondary N) is 2. The van der Waals surface area contributed by atoms with Crippen molar-refractivity contribution in [3.63, 3.8) is 0 Å². The SMILES string of the molecule is CN(C)Cc1cccc(NC(=O)[C@H]2CNC[C@@H]2c2cnn(C)c2)c1. The fourth-order valence-electron chi connectivity index (χ4n) is 3.28. The van der Waals surface area contributed by atoms with E-state index < -0.39 is 0 Å². The Balaban J connectivity index is 1.70. The van der Waals surface area contributed by atoms with Gasteiger partial charge in [0.25, 0.3) is 0 Å². The van der Waals surface area contributed by atoms with Crippen molar-refractivity contribution in [2.75, 3.05) is 32.5 Å². The summed E-state index contributed by atoms with van der Waals surface area (Å²) in [5, 5.41) is 10.6. The highest BCUT2D eigenvalue weighted by atomic mass is 16.1. The molecule has 2 atom stereocenters. The van der Waals surface area contributed by atoms with Gasteiger partial charge in [-0.15, -0.1) is 0 Å². The van der Waals surface area contributed by atoms with Crippen LogP contribution in [0.4, 0.5) is 5.69 Å². The molecular formula is C18H25N5O. The lowest BCUT2D eigenvalue weighted by Crippen LogP contribution is -2.28. The maximum absolute atomic E-state index is 12.8. The minimum Gasteiger partial charge on any atom is -0.326 e. The summed E-state index contributed by atoms with van der Waals surface area (Å²) in [5.41, 5.74) is 3.16. The molecule has 3 rings (SSSR count). The second-order valence-electron chi connectivity index (χ2n) is 6.75. The molecule has 0 saturated carbocycles. The van der Waals surface area contributed by atoms with Crippen LogP contribution in [0.3, 0.4) is 0 Å². The van der Waals surface area contributed by atoms with E-state index in [4.69, 9.17) is 0 Å². The number of carbonyl (C=O) groups excluding carboxylic acids is 1. The first-order valence-corrected chi connectivity index (χ1v) is 8.26. The van der Waals surface area contributed by atoms with Crippen LogP contribution in [0.2, 0.25) is 0 Å². The van der Waals surface area contributed by atoms with Crippen molar-refractivity contribution < 1.29 is 4.79 Å². The van der Waals surface area contributed by atoms with Crippen molar-refractivity contribution >= 4 is 11.6 Å². The highest BCUT2D eigenvalue weighted by Crippen LogP contribution is 2.29. The third kappa shape index (κ3) is 3.83. The van der Waals surface area contributed by atoms with E-state index in [0.717, 1.165) is 24.3 Å². The summed E-state index contributed by atoms with van der Waals surface area (Å²) in [5.74, 6) is 0.159. The molecule has 0 unspecified atom stereocenters. The minimum atomic E-state index is -0.0771. The topological polar surface area (TPSA) is 62.2 Å². The van der Waals surface area contributed by atoms with Crippen molar-refractivity contribution in [3.8, 4) is 0 Å². The van der Waals surface area contributed by atoms with E-state index in [1.165, 1.54) is 5.56 Å². The number of aromatic nitrogens is 2. The van der Waals surface area contributed by atoms with Crippen molar-refractivity contribution in [2.24, 2.45) is 13.0 Å². The van der Waals surface area contributed by atoms with Crippen LogP contribution in [0.1, 0.15) is 17.0 Å². The molecule has 1 amide bonds. The molecule has 0 spiro atoms. The monoisotopic (exact) mass is 327 g/mol. The van der Waals surface area contributed by atoms with Gasteiger partial charge in [0, 0.05) is 44.5 Å². The number of anilines is 1. The summed E-state index contributed by atoms with van der Waals surface area (Å²) >= 11 is 0. The van der Waals surface area contributed by atoms with E-state index in [1.54, 1.807) is 4.68 Å². The number of hydrogen-bond donors (Lipinski definition) is 2. The molecular weight excluding hydrogens is 302 g/mol. The lowest BCUT2D eigenvalue weighted by Gasteiger charge is -2.17. The zero-order chi connectivity index (χ0) is 17.1. The first-order valence-electron chi connectivity index (χ1n) is 8.26. The van der Waals surface area contributed by atoms with Crippen LogP contribution >= 0.6 is 0 Å². The van der Waals surface area contributed by atoms with Crippen LogP contribution in [0, 0.1) is 5.92 Å². The van der Waals surface area contributed by atoms with Crippen molar-refractivity contribution in [3.05, 3.63) is 47.8 Å². The van der Waals surface area contributed by atoms with Crippen molar-refractivity contribution in [1.82, 2.24) is 20.0 Å². The quantitative estimate of drug-likeness (QED) is 0.872. The average molecular weight is 327 g/mol. The first kappa shape index (κ1) is 16.7. The van der Waals surface area contributed by atoms with E-state index in [2.05, 4.69) is 26.7 Å². The number of rotatable bonds is 5. The Labute approximate surface area is 142 Å². The number of benzene rings is 1. The maximum Gasteiger partial charge on any atom is 0.229 e. The third-order valence-corrected chi connectivity index (χ3v) is 4.40. The molecule has 0 aliphatic carbocycles. The average Bonchev–Trinajstić information content (AvgIpc) is 3.15. The zero-order valence-electron chi connectivity index (χ0n) is 14.5. The molecule has 6 heteroatoms. The van der Waals surface area contributed by atoms with Gasteiger partial charge in [-0.05, 0) is 37.4 Å². The molecule has 6 nitrogen and oxygen atoms in total. The maximum atomic E-state index is 12.8. The van der Waals surface area contributed by atoms with Gasteiger partial charge in [0.2, 0.25) is 5.91 Å². The van der Waals surface area contributed by atoms with Gasteiger partial charge < -0.3 is 15.5 Å². The molecule has 0 radical (unpaired) electrons. The Kier molecular flexibility index (Phi) is 4.97. The van der Waals surface area contributed by atoms with Crippen LogP contribution in [-0.4, -0.2) is 47.8 Å². The number of aryl methyl sites for hydroxylation is 1. The standard InChI is InChI=1S/C18H25N5O/c1-22(2)11-13-5-4-6-15(7-13)21-18(24)17-10-19-9-16(17)14-8-20-23(3)12-14/h4-8,12,16-17,19H,9-11H2,1-3H3,(H,21,24)/t16-,17+/m1/s1. The summed E-state index contributed by atoms with van der Waals surface area (Å²) in [6.07, 6.45) is 3.85. The van der Waals surface area contributed by atoms with E-state index >= 15 is 0 Å². The largest absolute Gasteiger partial charge is 0.326 e. The summed E-state index contributed by atoms with van der Waals surface area (Å²) in [4.78, 5) is 14.9. The second kappa shape index (κ2) is 7.15. The number of nitrogens with zero attached hydrogens (tertiary/aromatic N) is 3. The highest BCUT2D eigenvalue weighted by Gasteiger charge is 2.34. The van der Waals surface area contributed by atoms with Crippen LogP contribution in [-0.2, 0) is 18.4 Å². The van der Waals surface area contributed by atoms with Gasteiger partial charge in [0.15, 0.2) is 0 Å². The Bertz CT molecular complexity index is 709. The fraction of sp³-hybridized carbons (Fsp3) is 0.444. The molecule has 2 N–H and O–H groups in total. The normalized spacial score (nSPS) is 20.5.